The highest BCUT2D eigenvalue weighted by Gasteiger charge is 2.02. The van der Waals surface area contributed by atoms with E-state index in [9.17, 15) is 4.79 Å². The highest BCUT2D eigenvalue weighted by Crippen LogP contribution is 2.08. The molecule has 0 atom stereocenters. The minimum absolute atomic E-state index is 0.0583. The molecule has 0 amide bonds. The number of ether oxygens (including phenoxy) is 1. The minimum atomic E-state index is -0.0583. The van der Waals surface area contributed by atoms with Crippen LogP contribution in [0.4, 0.5) is 0 Å². The molecule has 0 unspecified atom stereocenters. The molecule has 0 aromatic heterocycles. The van der Waals surface area contributed by atoms with Crippen molar-refractivity contribution >= 4 is 5.97 Å². The second-order valence-corrected chi connectivity index (χ2v) is 4.67. The predicted molar refractivity (Wildman–Crippen MR) is 72.5 cm³/mol. The Balaban J connectivity index is 3.12. The van der Waals surface area contributed by atoms with Gasteiger partial charge in [-0.15, -0.1) is 0 Å². The van der Waals surface area contributed by atoms with Crippen LogP contribution in [0.1, 0.15) is 84.5 Å². The Labute approximate surface area is 107 Å². The van der Waals surface area contributed by atoms with Crippen molar-refractivity contribution in [2.75, 3.05) is 0 Å². The van der Waals surface area contributed by atoms with Crippen molar-refractivity contribution in [3.05, 3.63) is 6.61 Å². The Hall–Kier alpha value is -0.530. The summed E-state index contributed by atoms with van der Waals surface area (Å²) in [6.45, 7) is 6.06. The fraction of sp³-hybridized carbons (Fsp3) is 0.867. The summed E-state index contributed by atoms with van der Waals surface area (Å²) in [5.41, 5.74) is 0. The molecule has 0 saturated carbocycles. The van der Waals surface area contributed by atoms with Crippen LogP contribution in [0.25, 0.3) is 0 Å². The molecule has 0 saturated heterocycles. The van der Waals surface area contributed by atoms with E-state index in [0.717, 1.165) is 25.7 Å². The summed E-state index contributed by atoms with van der Waals surface area (Å²) in [4.78, 5) is 11.3. The molecule has 0 heterocycles. The molecule has 0 bridgehead atoms. The monoisotopic (exact) mass is 241 g/mol. The van der Waals surface area contributed by atoms with Crippen molar-refractivity contribution in [3.63, 3.8) is 0 Å². The molecule has 0 aromatic rings. The van der Waals surface area contributed by atoms with Crippen LogP contribution in [0.3, 0.4) is 0 Å². The first-order valence-corrected chi connectivity index (χ1v) is 7.32. The molecule has 0 aliphatic heterocycles. The van der Waals surface area contributed by atoms with Crippen molar-refractivity contribution < 1.29 is 9.53 Å². The molecule has 1 radical (unpaired) electrons. The van der Waals surface area contributed by atoms with E-state index in [-0.39, 0.29) is 5.97 Å². The Bertz CT molecular complexity index is 166. The molecule has 0 rings (SSSR count). The van der Waals surface area contributed by atoms with Gasteiger partial charge in [-0.05, 0) is 19.3 Å². The van der Waals surface area contributed by atoms with Gasteiger partial charge in [-0.2, -0.15) is 0 Å². The van der Waals surface area contributed by atoms with Gasteiger partial charge in [-0.25, -0.2) is 0 Å². The molecule has 0 spiro atoms. The highest BCUT2D eigenvalue weighted by atomic mass is 16.5. The van der Waals surface area contributed by atoms with Crippen LogP contribution in [-0.4, -0.2) is 5.97 Å². The maximum Gasteiger partial charge on any atom is 0.306 e. The van der Waals surface area contributed by atoms with E-state index in [1.165, 1.54) is 38.5 Å². The summed E-state index contributed by atoms with van der Waals surface area (Å²) in [7, 11) is 0. The Kier molecular flexibility index (Phi) is 13.1. The molecule has 2 nitrogen and oxygen atoms in total. The van der Waals surface area contributed by atoms with Gasteiger partial charge in [-0.3, -0.25) is 4.79 Å². The number of esters is 1. The number of carbonyl (C=O) groups excluding carboxylic acids is 1. The summed E-state index contributed by atoms with van der Waals surface area (Å²) in [6, 6.07) is 0. The fourth-order valence-corrected chi connectivity index (χ4v) is 1.74. The minimum Gasteiger partial charge on any atom is -0.458 e. The third-order valence-corrected chi connectivity index (χ3v) is 2.87. The van der Waals surface area contributed by atoms with Gasteiger partial charge in [-0.1, -0.05) is 58.8 Å². The normalized spacial score (nSPS) is 10.5. The van der Waals surface area contributed by atoms with Crippen molar-refractivity contribution in [1.82, 2.24) is 0 Å². The fourth-order valence-electron chi connectivity index (χ4n) is 1.74. The van der Waals surface area contributed by atoms with E-state index in [4.69, 9.17) is 4.74 Å². The quantitative estimate of drug-likeness (QED) is 0.354. The molecule has 17 heavy (non-hydrogen) atoms. The highest BCUT2D eigenvalue weighted by molar-refractivity contribution is 5.69. The number of hydrogen-bond acceptors (Lipinski definition) is 2. The molecule has 0 fully saturated rings. The Morgan fingerprint density at radius 2 is 1.47 bits per heavy atom. The van der Waals surface area contributed by atoms with E-state index in [1.54, 1.807) is 6.61 Å². The average molecular weight is 241 g/mol. The van der Waals surface area contributed by atoms with E-state index >= 15 is 0 Å². The molecule has 0 aliphatic carbocycles. The van der Waals surface area contributed by atoms with Crippen LogP contribution >= 0.6 is 0 Å². The molecule has 0 aromatic carbocycles. The average Bonchev–Trinajstić information content (AvgIpc) is 2.33. The van der Waals surface area contributed by atoms with Crippen molar-refractivity contribution in [1.29, 1.82) is 0 Å². The van der Waals surface area contributed by atoms with E-state index < -0.39 is 0 Å². The molecule has 0 aliphatic rings. The van der Waals surface area contributed by atoms with Crippen LogP contribution in [0.15, 0.2) is 0 Å². The lowest BCUT2D eigenvalue weighted by Crippen LogP contribution is -2.02. The standard InChI is InChI=1S/C15H29O2/c1-3-5-7-9-10-11-13-15(16)17-14-12-8-6-4-2/h14H,3-13H2,1-2H3. The van der Waals surface area contributed by atoms with Crippen LogP contribution in [0.2, 0.25) is 0 Å². The van der Waals surface area contributed by atoms with Crippen LogP contribution in [0.5, 0.6) is 0 Å². The van der Waals surface area contributed by atoms with E-state index in [2.05, 4.69) is 13.8 Å². The SMILES string of the molecule is CCCCC[CH]OC(=O)CCCCCCCC. The second kappa shape index (κ2) is 13.5. The third kappa shape index (κ3) is 13.4. The molecule has 2 heteroatoms. The van der Waals surface area contributed by atoms with Crippen LogP contribution in [-0.2, 0) is 9.53 Å². The maximum absolute atomic E-state index is 11.3. The van der Waals surface area contributed by atoms with Crippen molar-refractivity contribution in [3.8, 4) is 0 Å². The van der Waals surface area contributed by atoms with Crippen molar-refractivity contribution in [2.45, 2.75) is 84.5 Å². The van der Waals surface area contributed by atoms with Gasteiger partial charge in [0.05, 0.1) is 0 Å². The van der Waals surface area contributed by atoms with Crippen molar-refractivity contribution in [2.24, 2.45) is 0 Å². The van der Waals surface area contributed by atoms with Gasteiger partial charge in [0.15, 0.2) is 0 Å². The smallest absolute Gasteiger partial charge is 0.306 e. The number of hydrogen-bond donors (Lipinski definition) is 0. The largest absolute Gasteiger partial charge is 0.458 e. The van der Waals surface area contributed by atoms with Gasteiger partial charge in [0.25, 0.3) is 0 Å². The second-order valence-electron chi connectivity index (χ2n) is 4.67. The zero-order valence-corrected chi connectivity index (χ0v) is 11.7. The maximum atomic E-state index is 11.3. The molecular weight excluding hydrogens is 212 g/mol. The summed E-state index contributed by atoms with van der Waals surface area (Å²) >= 11 is 0. The lowest BCUT2D eigenvalue weighted by Gasteiger charge is -2.03. The van der Waals surface area contributed by atoms with Crippen LogP contribution in [0, 0.1) is 6.61 Å². The first kappa shape index (κ1) is 16.5. The van der Waals surface area contributed by atoms with Gasteiger partial charge in [0.1, 0.15) is 6.61 Å². The Morgan fingerprint density at radius 1 is 0.882 bits per heavy atom. The summed E-state index contributed by atoms with van der Waals surface area (Å²) in [5.74, 6) is -0.0583. The molecule has 101 valence electrons. The summed E-state index contributed by atoms with van der Waals surface area (Å²) < 4.78 is 5.05. The first-order chi connectivity index (χ1) is 8.31. The lowest BCUT2D eigenvalue weighted by atomic mass is 10.1. The lowest BCUT2D eigenvalue weighted by molar-refractivity contribution is -0.140. The van der Waals surface area contributed by atoms with Crippen LogP contribution < -0.4 is 0 Å². The van der Waals surface area contributed by atoms with E-state index in [0.29, 0.717) is 6.42 Å². The summed E-state index contributed by atoms with van der Waals surface area (Å²) in [6.07, 6.45) is 12.3. The number of carbonyl (C=O) groups is 1. The number of rotatable bonds is 12. The Morgan fingerprint density at radius 3 is 2.18 bits per heavy atom. The third-order valence-electron chi connectivity index (χ3n) is 2.87. The van der Waals surface area contributed by atoms with Gasteiger partial charge in [0, 0.05) is 6.42 Å². The van der Waals surface area contributed by atoms with Gasteiger partial charge >= 0.3 is 5.97 Å². The zero-order chi connectivity index (χ0) is 12.8. The predicted octanol–water partition coefficient (Wildman–Crippen LogP) is 5.02. The zero-order valence-electron chi connectivity index (χ0n) is 11.7. The molecular formula is C15H29O2. The number of unbranched alkanes of at least 4 members (excludes halogenated alkanes) is 8. The van der Waals surface area contributed by atoms with Gasteiger partial charge < -0.3 is 4.74 Å². The van der Waals surface area contributed by atoms with E-state index in [1.807, 2.05) is 0 Å². The molecule has 0 N–H and O–H groups in total. The first-order valence-electron chi connectivity index (χ1n) is 7.32. The topological polar surface area (TPSA) is 26.3 Å². The summed E-state index contributed by atoms with van der Waals surface area (Å²) in [5, 5.41) is 0. The van der Waals surface area contributed by atoms with Gasteiger partial charge in [0.2, 0.25) is 0 Å².